The Morgan fingerprint density at radius 2 is 1.92 bits per heavy atom. The number of amides is 1. The molecule has 0 saturated carbocycles. The standard InChI is InChI=1S/C16H23F3N4O2/c1-11(2)23-14(24)8-9-21-15(20-3)22-10-12-6-4-5-7-13(12)25-16(17,18)19/h4-7,11H,8-10H2,1-3H3,(H,23,24)(H2,20,21,22). The summed E-state index contributed by atoms with van der Waals surface area (Å²) in [4.78, 5) is 15.5. The molecule has 25 heavy (non-hydrogen) atoms. The third-order valence-corrected chi connectivity index (χ3v) is 2.96. The number of hydrogen-bond acceptors (Lipinski definition) is 3. The SMILES string of the molecule is CN=C(NCCC(=O)NC(C)C)NCc1ccccc1OC(F)(F)F. The summed E-state index contributed by atoms with van der Waals surface area (Å²) >= 11 is 0. The molecule has 0 aromatic heterocycles. The van der Waals surface area contributed by atoms with Crippen molar-refractivity contribution in [2.75, 3.05) is 13.6 Å². The van der Waals surface area contributed by atoms with Gasteiger partial charge in [-0.3, -0.25) is 9.79 Å². The fourth-order valence-corrected chi connectivity index (χ4v) is 1.96. The maximum absolute atomic E-state index is 12.4. The van der Waals surface area contributed by atoms with Gasteiger partial charge in [0.05, 0.1) is 0 Å². The third kappa shape index (κ3) is 8.83. The fourth-order valence-electron chi connectivity index (χ4n) is 1.96. The normalized spacial score (nSPS) is 12.0. The molecule has 0 aliphatic heterocycles. The van der Waals surface area contributed by atoms with Gasteiger partial charge < -0.3 is 20.7 Å². The van der Waals surface area contributed by atoms with Crippen LogP contribution >= 0.6 is 0 Å². The molecule has 0 atom stereocenters. The minimum absolute atomic E-state index is 0.0649. The van der Waals surface area contributed by atoms with E-state index >= 15 is 0 Å². The van der Waals surface area contributed by atoms with Gasteiger partial charge in [0.15, 0.2) is 5.96 Å². The van der Waals surface area contributed by atoms with Crippen LogP contribution < -0.4 is 20.7 Å². The number of nitrogens with zero attached hydrogens (tertiary/aromatic N) is 1. The molecule has 0 unspecified atom stereocenters. The van der Waals surface area contributed by atoms with Gasteiger partial charge in [-0.1, -0.05) is 18.2 Å². The first-order valence-corrected chi connectivity index (χ1v) is 7.79. The minimum Gasteiger partial charge on any atom is -0.405 e. The summed E-state index contributed by atoms with van der Waals surface area (Å²) < 4.78 is 41.2. The molecule has 0 aliphatic carbocycles. The first-order valence-electron chi connectivity index (χ1n) is 7.79. The zero-order valence-corrected chi connectivity index (χ0v) is 14.4. The highest BCUT2D eigenvalue weighted by atomic mass is 19.4. The molecule has 0 saturated heterocycles. The summed E-state index contributed by atoms with van der Waals surface area (Å²) in [5.74, 6) is 0.00954. The van der Waals surface area contributed by atoms with E-state index < -0.39 is 6.36 Å². The van der Waals surface area contributed by atoms with E-state index in [0.717, 1.165) is 0 Å². The van der Waals surface area contributed by atoms with E-state index in [2.05, 4.69) is 25.7 Å². The lowest BCUT2D eigenvalue weighted by Crippen LogP contribution is -2.39. The molecule has 0 spiro atoms. The maximum atomic E-state index is 12.4. The minimum atomic E-state index is -4.75. The molecule has 0 bridgehead atoms. The van der Waals surface area contributed by atoms with Gasteiger partial charge in [0.25, 0.3) is 0 Å². The van der Waals surface area contributed by atoms with E-state index in [-0.39, 0.29) is 30.7 Å². The monoisotopic (exact) mass is 360 g/mol. The molecular formula is C16H23F3N4O2. The van der Waals surface area contributed by atoms with Gasteiger partial charge in [0.1, 0.15) is 5.75 Å². The van der Waals surface area contributed by atoms with Crippen LogP contribution in [0.2, 0.25) is 0 Å². The number of benzene rings is 1. The van der Waals surface area contributed by atoms with Crippen LogP contribution in [0.3, 0.4) is 0 Å². The van der Waals surface area contributed by atoms with Crippen molar-refractivity contribution in [3.63, 3.8) is 0 Å². The van der Waals surface area contributed by atoms with Gasteiger partial charge in [-0.05, 0) is 19.9 Å². The van der Waals surface area contributed by atoms with Crippen LogP contribution in [-0.2, 0) is 11.3 Å². The second-order valence-electron chi connectivity index (χ2n) is 5.48. The number of carbonyl (C=O) groups excluding carboxylic acids is 1. The Morgan fingerprint density at radius 3 is 2.52 bits per heavy atom. The summed E-state index contributed by atoms with van der Waals surface area (Å²) in [6.07, 6.45) is -4.49. The number of hydrogen-bond donors (Lipinski definition) is 3. The first kappa shape index (κ1) is 20.6. The molecule has 0 fully saturated rings. The van der Waals surface area contributed by atoms with Crippen LogP contribution in [0.4, 0.5) is 13.2 Å². The number of aliphatic imine (C=N–C) groups is 1. The largest absolute Gasteiger partial charge is 0.573 e. The van der Waals surface area contributed by atoms with Crippen LogP contribution in [0.5, 0.6) is 5.75 Å². The average Bonchev–Trinajstić information content (AvgIpc) is 2.49. The summed E-state index contributed by atoms with van der Waals surface area (Å²) in [7, 11) is 1.53. The van der Waals surface area contributed by atoms with Crippen molar-refractivity contribution >= 4 is 11.9 Å². The highest BCUT2D eigenvalue weighted by Crippen LogP contribution is 2.25. The smallest absolute Gasteiger partial charge is 0.405 e. The number of rotatable bonds is 7. The van der Waals surface area contributed by atoms with Gasteiger partial charge in [0.2, 0.25) is 5.91 Å². The van der Waals surface area contributed by atoms with E-state index in [9.17, 15) is 18.0 Å². The molecule has 6 nitrogen and oxygen atoms in total. The Kier molecular flexibility index (Phi) is 8.03. The number of guanidine groups is 1. The Labute approximate surface area is 144 Å². The van der Waals surface area contributed by atoms with Crippen molar-refractivity contribution in [1.82, 2.24) is 16.0 Å². The molecule has 1 rings (SSSR count). The predicted molar refractivity (Wildman–Crippen MR) is 89.2 cm³/mol. The van der Waals surface area contributed by atoms with E-state index in [4.69, 9.17) is 0 Å². The zero-order valence-electron chi connectivity index (χ0n) is 14.4. The molecule has 3 N–H and O–H groups in total. The van der Waals surface area contributed by atoms with Crippen molar-refractivity contribution < 1.29 is 22.7 Å². The molecule has 1 amide bonds. The highest BCUT2D eigenvalue weighted by Gasteiger charge is 2.31. The first-order chi connectivity index (χ1) is 11.7. The van der Waals surface area contributed by atoms with Gasteiger partial charge in [-0.15, -0.1) is 13.2 Å². The van der Waals surface area contributed by atoms with Crippen molar-refractivity contribution in [3.05, 3.63) is 29.8 Å². The van der Waals surface area contributed by atoms with E-state index in [0.29, 0.717) is 18.1 Å². The zero-order chi connectivity index (χ0) is 18.9. The second-order valence-corrected chi connectivity index (χ2v) is 5.48. The summed E-state index contributed by atoms with van der Waals surface area (Å²) in [5.41, 5.74) is 0.334. The summed E-state index contributed by atoms with van der Waals surface area (Å²) in [5, 5.41) is 8.57. The molecule has 1 aromatic rings. The van der Waals surface area contributed by atoms with E-state index in [1.807, 2.05) is 13.8 Å². The van der Waals surface area contributed by atoms with Gasteiger partial charge >= 0.3 is 6.36 Å². The molecule has 9 heteroatoms. The molecule has 0 heterocycles. The lowest BCUT2D eigenvalue weighted by atomic mass is 10.2. The van der Waals surface area contributed by atoms with Crippen LogP contribution in [0.25, 0.3) is 0 Å². The topological polar surface area (TPSA) is 74.8 Å². The van der Waals surface area contributed by atoms with Crippen LogP contribution in [0.1, 0.15) is 25.8 Å². The Morgan fingerprint density at radius 1 is 1.24 bits per heavy atom. The molecule has 0 radical (unpaired) electrons. The number of nitrogens with one attached hydrogen (secondary N) is 3. The van der Waals surface area contributed by atoms with E-state index in [1.54, 1.807) is 6.07 Å². The van der Waals surface area contributed by atoms with Crippen LogP contribution in [0.15, 0.2) is 29.3 Å². The number of carbonyl (C=O) groups is 1. The maximum Gasteiger partial charge on any atom is 0.573 e. The lowest BCUT2D eigenvalue weighted by molar-refractivity contribution is -0.274. The lowest BCUT2D eigenvalue weighted by Gasteiger charge is -2.15. The van der Waals surface area contributed by atoms with Crippen molar-refractivity contribution in [1.29, 1.82) is 0 Å². The van der Waals surface area contributed by atoms with E-state index in [1.165, 1.54) is 25.2 Å². The van der Waals surface area contributed by atoms with Crippen LogP contribution in [0, 0.1) is 0 Å². The van der Waals surface area contributed by atoms with Crippen molar-refractivity contribution in [3.8, 4) is 5.75 Å². The summed E-state index contributed by atoms with van der Waals surface area (Å²) in [6, 6.07) is 5.92. The van der Waals surface area contributed by atoms with Gasteiger partial charge in [-0.25, -0.2) is 0 Å². The third-order valence-electron chi connectivity index (χ3n) is 2.96. The van der Waals surface area contributed by atoms with Gasteiger partial charge in [-0.2, -0.15) is 0 Å². The Bertz CT molecular complexity index is 589. The van der Waals surface area contributed by atoms with Crippen molar-refractivity contribution in [2.45, 2.75) is 39.2 Å². The number of ether oxygens (including phenoxy) is 1. The highest BCUT2D eigenvalue weighted by molar-refractivity contribution is 5.81. The fraction of sp³-hybridized carbons (Fsp3) is 0.500. The molecule has 0 aliphatic rings. The number of alkyl halides is 3. The number of para-hydroxylation sites is 1. The predicted octanol–water partition coefficient (Wildman–Crippen LogP) is 2.16. The Hall–Kier alpha value is -2.45. The molecular weight excluding hydrogens is 337 g/mol. The van der Waals surface area contributed by atoms with Crippen LogP contribution in [-0.4, -0.2) is 37.9 Å². The van der Waals surface area contributed by atoms with Crippen molar-refractivity contribution in [2.24, 2.45) is 4.99 Å². The van der Waals surface area contributed by atoms with Gasteiger partial charge in [0, 0.05) is 38.2 Å². The molecule has 140 valence electrons. The quantitative estimate of drug-likeness (QED) is 0.515. The Balaban J connectivity index is 2.51. The number of halogens is 3. The average molecular weight is 360 g/mol. The molecule has 1 aromatic carbocycles. The summed E-state index contributed by atoms with van der Waals surface area (Å²) in [6.45, 7) is 4.17. The second kappa shape index (κ2) is 9.75.